The molecular weight excluding hydrogens is 180 g/mol. The van der Waals surface area contributed by atoms with Crippen molar-refractivity contribution in [2.75, 3.05) is 13.2 Å². The van der Waals surface area contributed by atoms with Crippen LogP contribution >= 0.6 is 0 Å². The smallest absolute Gasteiger partial charge is 0.0612 e. The summed E-state index contributed by atoms with van der Waals surface area (Å²) in [4.78, 5) is 0. The van der Waals surface area contributed by atoms with Gasteiger partial charge in [0.25, 0.3) is 0 Å². The lowest BCUT2D eigenvalue weighted by molar-refractivity contribution is 0.0470. The monoisotopic (exact) mass is 202 g/mol. The Morgan fingerprint density at radius 2 is 2.36 bits per heavy atom. The molecule has 1 saturated carbocycles. The minimum absolute atomic E-state index is 0.0557. The standard InChI is InChI=1S/C10H22N2O2/c1-8(11)3-5-14-9-2-4-10(12,6-9)7-13/h8-9,13H,2-7,11-12H2,1H3. The fourth-order valence-electron chi connectivity index (χ4n) is 1.81. The Bertz CT molecular complexity index is 176. The molecule has 1 aliphatic rings. The molecule has 1 rings (SSSR count). The van der Waals surface area contributed by atoms with Gasteiger partial charge in [0.2, 0.25) is 0 Å². The Morgan fingerprint density at radius 3 is 2.86 bits per heavy atom. The molecule has 5 N–H and O–H groups in total. The minimum Gasteiger partial charge on any atom is -0.394 e. The first-order valence-electron chi connectivity index (χ1n) is 5.33. The van der Waals surface area contributed by atoms with Gasteiger partial charge in [-0.2, -0.15) is 0 Å². The van der Waals surface area contributed by atoms with Crippen molar-refractivity contribution >= 4 is 0 Å². The van der Waals surface area contributed by atoms with E-state index in [1.165, 1.54) is 0 Å². The van der Waals surface area contributed by atoms with Gasteiger partial charge in [-0.15, -0.1) is 0 Å². The van der Waals surface area contributed by atoms with Gasteiger partial charge < -0.3 is 21.3 Å². The number of aliphatic hydroxyl groups is 1. The highest BCUT2D eigenvalue weighted by atomic mass is 16.5. The summed E-state index contributed by atoms with van der Waals surface area (Å²) in [6.07, 6.45) is 3.67. The molecule has 0 aromatic heterocycles. The van der Waals surface area contributed by atoms with E-state index in [9.17, 15) is 0 Å². The largest absolute Gasteiger partial charge is 0.394 e. The molecule has 0 radical (unpaired) electrons. The van der Waals surface area contributed by atoms with E-state index in [4.69, 9.17) is 21.3 Å². The van der Waals surface area contributed by atoms with Crippen molar-refractivity contribution in [3.8, 4) is 0 Å². The summed E-state index contributed by atoms with van der Waals surface area (Å²) < 4.78 is 5.64. The molecule has 84 valence electrons. The molecule has 0 heterocycles. The van der Waals surface area contributed by atoms with E-state index in [1.54, 1.807) is 0 Å². The van der Waals surface area contributed by atoms with Crippen LogP contribution in [0, 0.1) is 0 Å². The normalized spacial score (nSPS) is 34.7. The van der Waals surface area contributed by atoms with E-state index in [-0.39, 0.29) is 18.8 Å². The van der Waals surface area contributed by atoms with Crippen LogP contribution in [-0.4, -0.2) is 36.0 Å². The molecule has 0 aromatic carbocycles. The Labute approximate surface area is 85.6 Å². The predicted octanol–water partition coefficient (Wildman–Crippen LogP) is -0.0174. The summed E-state index contributed by atoms with van der Waals surface area (Å²) in [6.45, 7) is 2.73. The zero-order valence-corrected chi connectivity index (χ0v) is 8.91. The number of aliphatic hydroxyl groups excluding tert-OH is 1. The Hall–Kier alpha value is -0.160. The molecule has 0 aromatic rings. The number of rotatable bonds is 5. The van der Waals surface area contributed by atoms with Crippen molar-refractivity contribution in [1.29, 1.82) is 0 Å². The first kappa shape index (κ1) is 11.9. The van der Waals surface area contributed by atoms with E-state index >= 15 is 0 Å². The highest BCUT2D eigenvalue weighted by molar-refractivity contribution is 4.93. The summed E-state index contributed by atoms with van der Waals surface area (Å²) >= 11 is 0. The zero-order valence-electron chi connectivity index (χ0n) is 8.91. The molecule has 0 amide bonds. The summed E-state index contributed by atoms with van der Waals surface area (Å²) in [7, 11) is 0. The van der Waals surface area contributed by atoms with Gasteiger partial charge in [0.05, 0.1) is 12.7 Å². The average Bonchev–Trinajstić information content (AvgIpc) is 2.48. The maximum atomic E-state index is 9.06. The summed E-state index contributed by atoms with van der Waals surface area (Å²) in [5, 5.41) is 9.06. The average molecular weight is 202 g/mol. The molecular formula is C10H22N2O2. The van der Waals surface area contributed by atoms with Crippen LogP contribution in [0.4, 0.5) is 0 Å². The molecule has 0 bridgehead atoms. The quantitative estimate of drug-likeness (QED) is 0.585. The van der Waals surface area contributed by atoms with Gasteiger partial charge >= 0.3 is 0 Å². The number of hydrogen-bond acceptors (Lipinski definition) is 4. The van der Waals surface area contributed by atoms with Gasteiger partial charge in [0.1, 0.15) is 0 Å². The van der Waals surface area contributed by atoms with Gasteiger partial charge in [0, 0.05) is 18.2 Å². The lowest BCUT2D eigenvalue weighted by Gasteiger charge is -2.20. The van der Waals surface area contributed by atoms with E-state index < -0.39 is 5.54 Å². The Balaban J connectivity index is 2.16. The Morgan fingerprint density at radius 1 is 1.64 bits per heavy atom. The third kappa shape index (κ3) is 3.53. The molecule has 0 spiro atoms. The zero-order chi connectivity index (χ0) is 10.6. The van der Waals surface area contributed by atoms with E-state index in [2.05, 4.69) is 0 Å². The maximum Gasteiger partial charge on any atom is 0.0612 e. The highest BCUT2D eigenvalue weighted by Crippen LogP contribution is 2.29. The van der Waals surface area contributed by atoms with Crippen LogP contribution in [0.2, 0.25) is 0 Å². The lowest BCUT2D eigenvalue weighted by Crippen LogP contribution is -2.41. The third-order valence-corrected chi connectivity index (χ3v) is 2.84. The molecule has 0 aliphatic heterocycles. The molecule has 14 heavy (non-hydrogen) atoms. The second-order valence-electron chi connectivity index (χ2n) is 4.52. The van der Waals surface area contributed by atoms with E-state index in [1.807, 2.05) is 6.92 Å². The van der Waals surface area contributed by atoms with Gasteiger partial charge in [0.15, 0.2) is 0 Å². The van der Waals surface area contributed by atoms with Crippen LogP contribution < -0.4 is 11.5 Å². The second kappa shape index (κ2) is 5.07. The highest BCUT2D eigenvalue weighted by Gasteiger charge is 2.35. The molecule has 3 unspecified atom stereocenters. The summed E-state index contributed by atoms with van der Waals surface area (Å²) in [5.74, 6) is 0. The van der Waals surface area contributed by atoms with E-state index in [0.717, 1.165) is 25.7 Å². The van der Waals surface area contributed by atoms with Gasteiger partial charge in [-0.3, -0.25) is 0 Å². The van der Waals surface area contributed by atoms with Crippen molar-refractivity contribution in [2.24, 2.45) is 11.5 Å². The number of nitrogens with two attached hydrogens (primary N) is 2. The molecule has 4 heteroatoms. The molecule has 0 saturated heterocycles. The van der Waals surface area contributed by atoms with E-state index in [0.29, 0.717) is 6.61 Å². The molecule has 4 nitrogen and oxygen atoms in total. The minimum atomic E-state index is -0.404. The van der Waals surface area contributed by atoms with Crippen LogP contribution in [-0.2, 0) is 4.74 Å². The van der Waals surface area contributed by atoms with Crippen molar-refractivity contribution in [1.82, 2.24) is 0 Å². The predicted molar refractivity (Wildman–Crippen MR) is 55.9 cm³/mol. The SMILES string of the molecule is CC(N)CCOC1CCC(N)(CO)C1. The van der Waals surface area contributed by atoms with Gasteiger partial charge in [-0.05, 0) is 32.6 Å². The maximum absolute atomic E-state index is 9.06. The number of hydrogen-bond donors (Lipinski definition) is 3. The topological polar surface area (TPSA) is 81.5 Å². The molecule has 3 atom stereocenters. The fraction of sp³-hybridized carbons (Fsp3) is 1.00. The van der Waals surface area contributed by atoms with Crippen LogP contribution in [0.1, 0.15) is 32.6 Å². The van der Waals surface area contributed by atoms with Crippen molar-refractivity contribution in [3.63, 3.8) is 0 Å². The van der Waals surface area contributed by atoms with Crippen molar-refractivity contribution < 1.29 is 9.84 Å². The second-order valence-corrected chi connectivity index (χ2v) is 4.52. The fourth-order valence-corrected chi connectivity index (χ4v) is 1.81. The first-order valence-corrected chi connectivity index (χ1v) is 5.33. The first-order chi connectivity index (χ1) is 6.56. The van der Waals surface area contributed by atoms with Gasteiger partial charge in [-0.1, -0.05) is 0 Å². The lowest BCUT2D eigenvalue weighted by atomic mass is 10.0. The van der Waals surface area contributed by atoms with Crippen LogP contribution in [0.5, 0.6) is 0 Å². The van der Waals surface area contributed by atoms with Crippen molar-refractivity contribution in [2.45, 2.75) is 50.3 Å². The van der Waals surface area contributed by atoms with Crippen molar-refractivity contribution in [3.05, 3.63) is 0 Å². The van der Waals surface area contributed by atoms with Crippen LogP contribution in [0.15, 0.2) is 0 Å². The van der Waals surface area contributed by atoms with Crippen LogP contribution in [0.3, 0.4) is 0 Å². The van der Waals surface area contributed by atoms with Crippen LogP contribution in [0.25, 0.3) is 0 Å². The third-order valence-electron chi connectivity index (χ3n) is 2.84. The van der Waals surface area contributed by atoms with Gasteiger partial charge in [-0.25, -0.2) is 0 Å². The Kier molecular flexibility index (Phi) is 4.31. The number of ether oxygens (including phenoxy) is 1. The molecule has 1 aliphatic carbocycles. The summed E-state index contributed by atoms with van der Waals surface area (Å²) in [5.41, 5.74) is 11.1. The molecule has 1 fully saturated rings. The summed E-state index contributed by atoms with van der Waals surface area (Å²) in [6, 6.07) is 0.192.